The van der Waals surface area contributed by atoms with Crippen molar-refractivity contribution in [3.63, 3.8) is 0 Å². The molecule has 0 aromatic rings. The highest BCUT2D eigenvalue weighted by Gasteiger charge is 2.42. The highest BCUT2D eigenvalue weighted by atomic mass is 16.5. The van der Waals surface area contributed by atoms with Crippen LogP contribution in [0.1, 0.15) is 27.2 Å². The summed E-state index contributed by atoms with van der Waals surface area (Å²) in [5.41, 5.74) is 10.1. The Morgan fingerprint density at radius 2 is 2.32 bits per heavy atom. The molecule has 8 heteroatoms. The zero-order chi connectivity index (χ0) is 16.4. The number of rotatable bonds is 4. The van der Waals surface area contributed by atoms with E-state index < -0.39 is 18.4 Å². The van der Waals surface area contributed by atoms with Crippen LogP contribution in [0.15, 0.2) is 29.2 Å². The van der Waals surface area contributed by atoms with Gasteiger partial charge in [-0.3, -0.25) is 9.80 Å². The van der Waals surface area contributed by atoms with Gasteiger partial charge in [-0.05, 0) is 31.9 Å². The number of carbonyl (C=O) groups excluding carboxylic acids is 1. The van der Waals surface area contributed by atoms with Crippen LogP contribution in [-0.2, 0) is 4.74 Å². The van der Waals surface area contributed by atoms with Crippen LogP contribution in [0.25, 0.3) is 10.4 Å². The van der Waals surface area contributed by atoms with Crippen molar-refractivity contribution < 1.29 is 14.6 Å². The Morgan fingerprint density at radius 1 is 1.64 bits per heavy atom. The Labute approximate surface area is 129 Å². The molecule has 2 aliphatic heterocycles. The SMILES string of the molecule is C=C1C(C)=CN([C@H]2C[C@@H](N=[N+]=[N-])C(CO)O2)C(=O)N1C(C)C. The third kappa shape index (κ3) is 2.81. The summed E-state index contributed by atoms with van der Waals surface area (Å²) < 4.78 is 5.69. The van der Waals surface area contributed by atoms with Crippen molar-refractivity contribution in [2.24, 2.45) is 5.11 Å². The molecule has 3 atom stereocenters. The fraction of sp³-hybridized carbons (Fsp3) is 0.643. The molecule has 22 heavy (non-hydrogen) atoms. The maximum absolute atomic E-state index is 12.7. The zero-order valence-electron chi connectivity index (χ0n) is 13.0. The molecular formula is C14H21N5O3. The van der Waals surface area contributed by atoms with Crippen LogP contribution >= 0.6 is 0 Å². The molecular weight excluding hydrogens is 286 g/mol. The summed E-state index contributed by atoms with van der Waals surface area (Å²) in [7, 11) is 0. The van der Waals surface area contributed by atoms with E-state index in [1.54, 1.807) is 11.1 Å². The van der Waals surface area contributed by atoms with Gasteiger partial charge in [-0.25, -0.2) is 4.79 Å². The Balaban J connectivity index is 2.27. The van der Waals surface area contributed by atoms with E-state index in [0.717, 1.165) is 5.57 Å². The second-order valence-electron chi connectivity index (χ2n) is 5.73. The van der Waals surface area contributed by atoms with Gasteiger partial charge in [0.05, 0.1) is 18.8 Å². The van der Waals surface area contributed by atoms with Crippen molar-refractivity contribution in [1.29, 1.82) is 0 Å². The van der Waals surface area contributed by atoms with Crippen molar-refractivity contribution in [3.8, 4) is 0 Å². The van der Waals surface area contributed by atoms with Gasteiger partial charge in [0.25, 0.3) is 0 Å². The molecule has 0 aromatic carbocycles. The second-order valence-corrected chi connectivity index (χ2v) is 5.73. The van der Waals surface area contributed by atoms with Crippen molar-refractivity contribution >= 4 is 6.03 Å². The topological polar surface area (TPSA) is 102 Å². The molecule has 2 rings (SSSR count). The van der Waals surface area contributed by atoms with Gasteiger partial charge in [-0.2, -0.15) is 0 Å². The third-order valence-electron chi connectivity index (χ3n) is 3.92. The van der Waals surface area contributed by atoms with E-state index in [1.807, 2.05) is 20.8 Å². The Bertz CT molecular complexity index is 553. The number of carbonyl (C=O) groups is 1. The molecule has 120 valence electrons. The van der Waals surface area contributed by atoms with E-state index >= 15 is 0 Å². The normalized spacial score (nSPS) is 29.0. The predicted molar refractivity (Wildman–Crippen MR) is 80.4 cm³/mol. The molecule has 0 aliphatic carbocycles. The lowest BCUT2D eigenvalue weighted by Gasteiger charge is -2.39. The fourth-order valence-corrected chi connectivity index (χ4v) is 2.75. The summed E-state index contributed by atoms with van der Waals surface area (Å²) in [6.07, 6.45) is 0.883. The van der Waals surface area contributed by atoms with Crippen LogP contribution in [0.2, 0.25) is 0 Å². The molecule has 2 heterocycles. The highest BCUT2D eigenvalue weighted by molar-refractivity contribution is 5.81. The van der Waals surface area contributed by atoms with Gasteiger partial charge < -0.3 is 9.84 Å². The third-order valence-corrected chi connectivity index (χ3v) is 3.92. The van der Waals surface area contributed by atoms with Crippen LogP contribution < -0.4 is 0 Å². The summed E-state index contributed by atoms with van der Waals surface area (Å²) in [4.78, 5) is 18.5. The first-order valence-corrected chi connectivity index (χ1v) is 7.20. The summed E-state index contributed by atoms with van der Waals surface area (Å²) in [6, 6.07) is -0.748. The zero-order valence-corrected chi connectivity index (χ0v) is 13.0. The standard InChI is InChI=1S/C14H21N5O3/c1-8(2)19-10(4)9(3)6-18(14(19)21)13-5-11(16-17-15)12(7-20)22-13/h6,8,11-13,20H,4-5,7H2,1-3H3/t11-,12?,13-/m1/s1. The Kier molecular flexibility index (Phi) is 4.75. The molecule has 2 amide bonds. The maximum atomic E-state index is 12.7. The van der Waals surface area contributed by atoms with Crippen molar-refractivity contribution in [2.45, 2.75) is 51.6 Å². The van der Waals surface area contributed by atoms with E-state index in [9.17, 15) is 9.90 Å². The van der Waals surface area contributed by atoms with Gasteiger partial charge in [-0.15, -0.1) is 0 Å². The lowest BCUT2D eigenvalue weighted by Crippen LogP contribution is -2.50. The first kappa shape index (κ1) is 16.4. The number of nitrogens with zero attached hydrogens (tertiary/aromatic N) is 5. The molecule has 1 saturated heterocycles. The van der Waals surface area contributed by atoms with Crippen LogP contribution in [-0.4, -0.2) is 52.0 Å². The number of hydrogen-bond donors (Lipinski definition) is 1. The number of amides is 2. The monoisotopic (exact) mass is 307 g/mol. The van der Waals surface area contributed by atoms with Gasteiger partial charge >= 0.3 is 6.03 Å². The number of aliphatic hydroxyl groups excluding tert-OH is 1. The number of azide groups is 1. The lowest BCUT2D eigenvalue weighted by atomic mass is 10.1. The summed E-state index contributed by atoms with van der Waals surface area (Å²) in [5, 5.41) is 13.0. The summed E-state index contributed by atoms with van der Waals surface area (Å²) >= 11 is 0. The van der Waals surface area contributed by atoms with E-state index in [0.29, 0.717) is 12.1 Å². The average Bonchev–Trinajstić information content (AvgIpc) is 2.86. The molecule has 0 radical (unpaired) electrons. The first-order chi connectivity index (χ1) is 10.4. The maximum Gasteiger partial charge on any atom is 0.330 e. The fourth-order valence-electron chi connectivity index (χ4n) is 2.75. The molecule has 0 spiro atoms. The number of aliphatic hydroxyl groups is 1. The number of urea groups is 1. The van der Waals surface area contributed by atoms with E-state index in [1.165, 1.54) is 4.90 Å². The molecule has 2 aliphatic rings. The van der Waals surface area contributed by atoms with Crippen LogP contribution in [0.5, 0.6) is 0 Å². The second kappa shape index (κ2) is 6.39. The Hall–Kier alpha value is -2.02. The van der Waals surface area contributed by atoms with Crippen LogP contribution in [0.4, 0.5) is 4.79 Å². The van der Waals surface area contributed by atoms with Crippen LogP contribution in [0.3, 0.4) is 0 Å². The van der Waals surface area contributed by atoms with Gasteiger partial charge in [0.2, 0.25) is 0 Å². The number of ether oxygens (including phenoxy) is 1. The van der Waals surface area contributed by atoms with E-state index in [4.69, 9.17) is 10.3 Å². The highest BCUT2D eigenvalue weighted by Crippen LogP contribution is 2.32. The minimum absolute atomic E-state index is 0.0332. The first-order valence-electron chi connectivity index (χ1n) is 7.20. The Morgan fingerprint density at radius 3 is 2.86 bits per heavy atom. The summed E-state index contributed by atoms with van der Waals surface area (Å²) in [6.45, 7) is 9.39. The van der Waals surface area contributed by atoms with Gasteiger partial charge in [0.15, 0.2) is 0 Å². The predicted octanol–water partition coefficient (Wildman–Crippen LogP) is 2.34. The molecule has 1 fully saturated rings. The molecule has 1 unspecified atom stereocenters. The largest absolute Gasteiger partial charge is 0.394 e. The van der Waals surface area contributed by atoms with Crippen molar-refractivity contribution in [3.05, 3.63) is 34.5 Å². The lowest BCUT2D eigenvalue weighted by molar-refractivity contribution is -0.0433. The van der Waals surface area contributed by atoms with E-state index in [-0.39, 0.29) is 18.7 Å². The van der Waals surface area contributed by atoms with Gasteiger partial charge in [0, 0.05) is 29.3 Å². The molecule has 1 N–H and O–H groups in total. The molecule has 0 bridgehead atoms. The van der Waals surface area contributed by atoms with Crippen molar-refractivity contribution in [1.82, 2.24) is 9.80 Å². The molecule has 0 aromatic heterocycles. The average molecular weight is 307 g/mol. The van der Waals surface area contributed by atoms with Crippen LogP contribution in [0, 0.1) is 0 Å². The van der Waals surface area contributed by atoms with E-state index in [2.05, 4.69) is 16.6 Å². The number of hydrogen-bond acceptors (Lipinski definition) is 4. The number of allylic oxidation sites excluding steroid dienone is 1. The van der Waals surface area contributed by atoms with Crippen molar-refractivity contribution in [2.75, 3.05) is 6.61 Å². The molecule has 0 saturated carbocycles. The van der Waals surface area contributed by atoms with Gasteiger partial charge in [0.1, 0.15) is 6.23 Å². The summed E-state index contributed by atoms with van der Waals surface area (Å²) in [5.74, 6) is 0. The minimum Gasteiger partial charge on any atom is -0.394 e. The quantitative estimate of drug-likeness (QED) is 0.490. The smallest absolute Gasteiger partial charge is 0.330 e. The molecule has 8 nitrogen and oxygen atoms in total. The minimum atomic E-state index is -0.597. The van der Waals surface area contributed by atoms with Gasteiger partial charge in [-0.1, -0.05) is 11.7 Å².